The van der Waals surface area contributed by atoms with Crippen molar-refractivity contribution in [1.29, 1.82) is 0 Å². The number of H-pyrrole nitrogens is 2. The molecule has 1 aromatic carbocycles. The van der Waals surface area contributed by atoms with E-state index in [4.69, 9.17) is 0 Å². The molecule has 2 N–H and O–H groups in total. The first kappa shape index (κ1) is 22.3. The van der Waals surface area contributed by atoms with E-state index in [0.29, 0.717) is 0 Å². The number of nitrogens with zero attached hydrogens (tertiary/aromatic N) is 2. The zero-order valence-corrected chi connectivity index (χ0v) is 17.8. The van der Waals surface area contributed by atoms with E-state index in [0.717, 1.165) is 44.8 Å². The van der Waals surface area contributed by atoms with Crippen LogP contribution in [0.5, 0.6) is 0 Å². The van der Waals surface area contributed by atoms with Crippen LogP contribution in [-0.2, 0) is 0 Å². The van der Waals surface area contributed by atoms with E-state index in [1.807, 2.05) is 48.6 Å². The van der Waals surface area contributed by atoms with Crippen molar-refractivity contribution in [2.45, 2.75) is 0 Å². The van der Waals surface area contributed by atoms with Crippen molar-refractivity contribution in [3.05, 3.63) is 106 Å². The molecule has 35 heavy (non-hydrogen) atoms. The van der Waals surface area contributed by atoms with Gasteiger partial charge in [-0.05, 0) is 72.8 Å². The van der Waals surface area contributed by atoms with Gasteiger partial charge in [0.05, 0.1) is 22.8 Å². The Bertz CT molecular complexity index is 1460. The van der Waals surface area contributed by atoms with E-state index in [9.17, 15) is 22.0 Å². The smallest absolute Gasteiger partial charge is 0.200 e. The lowest BCUT2D eigenvalue weighted by molar-refractivity contribution is 0.378. The largest absolute Gasteiger partial charge is 0.355 e. The molecule has 0 fully saturated rings. The molecule has 6 rings (SSSR count). The van der Waals surface area contributed by atoms with Crippen LogP contribution in [-0.4, -0.2) is 19.9 Å². The second-order valence-corrected chi connectivity index (χ2v) is 7.69. The Morgan fingerprint density at radius 1 is 0.429 bits per heavy atom. The summed E-state index contributed by atoms with van der Waals surface area (Å²) in [6.07, 6.45) is 8.09. The predicted octanol–water partition coefficient (Wildman–Crippen LogP) is 7.04. The maximum absolute atomic E-state index is 12.0. The highest BCUT2D eigenvalue weighted by Gasteiger charge is 2.18. The molecule has 2 aliphatic heterocycles. The topological polar surface area (TPSA) is 57.4 Å². The Balaban J connectivity index is 0.000000195. The minimum absolute atomic E-state index is 0.0618. The predicted molar refractivity (Wildman–Crippen MR) is 125 cm³/mol. The zero-order valence-electron chi connectivity index (χ0n) is 17.8. The van der Waals surface area contributed by atoms with Crippen LogP contribution in [0.15, 0.2) is 54.6 Å². The standard InChI is InChI=1S/C20H14N4.C6HF5/c1-2-14-10-16-5-6-18(23-16)12-20-8-7-19(24-20)11-17-4-3-15(22-17)9-13(1)21-14;7-2-1-3(8)5(10)6(11)4(2)9/h1-12,21,24H;1H. The second-order valence-electron chi connectivity index (χ2n) is 7.69. The highest BCUT2D eigenvalue weighted by Crippen LogP contribution is 2.18. The summed E-state index contributed by atoms with van der Waals surface area (Å²) in [5.41, 5.74) is 7.86. The fourth-order valence-corrected chi connectivity index (χ4v) is 3.49. The van der Waals surface area contributed by atoms with Crippen LogP contribution in [0.3, 0.4) is 0 Å². The van der Waals surface area contributed by atoms with Gasteiger partial charge < -0.3 is 9.97 Å². The average molecular weight is 478 g/mol. The van der Waals surface area contributed by atoms with Crippen LogP contribution in [0.2, 0.25) is 0 Å². The summed E-state index contributed by atoms with van der Waals surface area (Å²) in [6, 6.07) is 16.3. The van der Waals surface area contributed by atoms with Crippen molar-refractivity contribution >= 4 is 46.4 Å². The van der Waals surface area contributed by atoms with Crippen molar-refractivity contribution in [3.8, 4) is 0 Å². The molecule has 2 aliphatic rings. The van der Waals surface area contributed by atoms with Crippen LogP contribution in [0.25, 0.3) is 46.4 Å². The Morgan fingerprint density at radius 2 is 0.743 bits per heavy atom. The first-order valence-corrected chi connectivity index (χ1v) is 10.4. The summed E-state index contributed by atoms with van der Waals surface area (Å²) >= 11 is 0. The van der Waals surface area contributed by atoms with Gasteiger partial charge in [-0.15, -0.1) is 0 Å². The normalized spacial score (nSPS) is 11.9. The summed E-state index contributed by atoms with van der Waals surface area (Å²) in [5, 5.41) is 0. The molecule has 0 spiro atoms. The molecule has 3 aromatic heterocycles. The van der Waals surface area contributed by atoms with Gasteiger partial charge in [0.25, 0.3) is 0 Å². The molecule has 0 aliphatic carbocycles. The molecule has 8 bridgehead atoms. The number of hydrogen-bond acceptors (Lipinski definition) is 2. The van der Waals surface area contributed by atoms with Gasteiger partial charge in [-0.2, -0.15) is 0 Å². The Morgan fingerprint density at radius 3 is 1.06 bits per heavy atom. The van der Waals surface area contributed by atoms with Gasteiger partial charge in [0.15, 0.2) is 23.3 Å². The maximum Gasteiger partial charge on any atom is 0.200 e. The molecule has 0 unspecified atom stereocenters. The van der Waals surface area contributed by atoms with Gasteiger partial charge in [-0.3, -0.25) is 0 Å². The lowest BCUT2D eigenvalue weighted by Crippen LogP contribution is -1.98. The van der Waals surface area contributed by atoms with Gasteiger partial charge >= 0.3 is 0 Å². The molecular formula is C26H15F5N4. The molecule has 0 amide bonds. The van der Waals surface area contributed by atoms with E-state index >= 15 is 0 Å². The van der Waals surface area contributed by atoms with Crippen molar-refractivity contribution in [3.63, 3.8) is 0 Å². The second kappa shape index (κ2) is 9.02. The summed E-state index contributed by atoms with van der Waals surface area (Å²) in [4.78, 5) is 16.0. The van der Waals surface area contributed by atoms with Crippen LogP contribution in [0.4, 0.5) is 22.0 Å². The molecule has 4 aromatic rings. The van der Waals surface area contributed by atoms with E-state index in [2.05, 4.69) is 44.2 Å². The SMILES string of the molecule is C1=Cc2cc3ccc(cc4nc(cc5ccc(cc1n2)[nH]5)C=C4)[nH]3.Fc1cc(F)c(F)c(F)c1F. The fraction of sp³-hybridized carbons (Fsp3) is 0. The van der Waals surface area contributed by atoms with Crippen molar-refractivity contribution in [1.82, 2.24) is 19.9 Å². The van der Waals surface area contributed by atoms with Gasteiger partial charge in [-0.1, -0.05) is 0 Å². The first-order valence-electron chi connectivity index (χ1n) is 10.4. The first-order chi connectivity index (χ1) is 16.8. The van der Waals surface area contributed by atoms with Crippen molar-refractivity contribution in [2.24, 2.45) is 0 Å². The Hall–Kier alpha value is -4.53. The third-order valence-corrected chi connectivity index (χ3v) is 5.10. The number of rotatable bonds is 0. The number of nitrogens with one attached hydrogen (secondary N) is 2. The lowest BCUT2D eigenvalue weighted by atomic mass is 10.3. The van der Waals surface area contributed by atoms with Gasteiger partial charge in [0.2, 0.25) is 5.82 Å². The molecule has 9 heteroatoms. The number of halogens is 5. The van der Waals surface area contributed by atoms with E-state index in [1.165, 1.54) is 0 Å². The van der Waals surface area contributed by atoms with Gasteiger partial charge in [0, 0.05) is 28.1 Å². The maximum atomic E-state index is 12.0. The number of benzene rings is 1. The molecule has 0 radical (unpaired) electrons. The Kier molecular flexibility index (Phi) is 5.74. The molecule has 0 saturated heterocycles. The van der Waals surface area contributed by atoms with Crippen molar-refractivity contribution in [2.75, 3.05) is 0 Å². The zero-order chi connectivity index (χ0) is 24.5. The summed E-state index contributed by atoms with van der Waals surface area (Å²) in [6.45, 7) is 0. The summed E-state index contributed by atoms with van der Waals surface area (Å²) in [5.74, 6) is -9.65. The van der Waals surface area contributed by atoms with E-state index in [1.54, 1.807) is 0 Å². The molecule has 5 heterocycles. The van der Waals surface area contributed by atoms with Crippen LogP contribution < -0.4 is 0 Å². The molecular weight excluding hydrogens is 463 g/mol. The van der Waals surface area contributed by atoms with Gasteiger partial charge in [0.1, 0.15) is 0 Å². The third kappa shape index (κ3) is 4.89. The lowest BCUT2D eigenvalue weighted by Gasteiger charge is -1.96. The monoisotopic (exact) mass is 478 g/mol. The molecule has 0 saturated carbocycles. The summed E-state index contributed by atoms with van der Waals surface area (Å²) in [7, 11) is 0. The molecule has 0 atom stereocenters. The van der Waals surface area contributed by atoms with Crippen LogP contribution >= 0.6 is 0 Å². The number of fused-ring (bicyclic) bond motifs is 8. The average Bonchev–Trinajstić information content (AvgIpc) is 3.63. The molecule has 4 nitrogen and oxygen atoms in total. The molecule has 174 valence electrons. The minimum Gasteiger partial charge on any atom is -0.355 e. The van der Waals surface area contributed by atoms with Crippen LogP contribution in [0, 0.1) is 29.1 Å². The fourth-order valence-electron chi connectivity index (χ4n) is 3.49. The number of aromatic nitrogens is 4. The van der Waals surface area contributed by atoms with E-state index < -0.39 is 29.1 Å². The third-order valence-electron chi connectivity index (χ3n) is 5.10. The minimum atomic E-state index is -2.14. The van der Waals surface area contributed by atoms with Gasteiger partial charge in [-0.25, -0.2) is 31.9 Å². The quantitative estimate of drug-likeness (QED) is 0.140. The number of hydrogen-bond donors (Lipinski definition) is 2. The Labute approximate surface area is 195 Å². The summed E-state index contributed by atoms with van der Waals surface area (Å²) < 4.78 is 60.0. The van der Waals surface area contributed by atoms with Crippen LogP contribution in [0.1, 0.15) is 22.8 Å². The van der Waals surface area contributed by atoms with Crippen molar-refractivity contribution < 1.29 is 22.0 Å². The van der Waals surface area contributed by atoms with E-state index in [-0.39, 0.29) is 6.07 Å². The highest BCUT2D eigenvalue weighted by atomic mass is 19.2. The number of aromatic amines is 2. The highest BCUT2D eigenvalue weighted by molar-refractivity contribution is 5.77.